The Bertz CT molecular complexity index is 974. The van der Waals surface area contributed by atoms with Crippen LogP contribution >= 0.6 is 23.4 Å². The molecule has 2 aromatic rings. The first-order valence-electron chi connectivity index (χ1n) is 9.29. The summed E-state index contributed by atoms with van der Waals surface area (Å²) in [5, 5.41) is 2.94. The van der Waals surface area contributed by atoms with Crippen molar-refractivity contribution in [3.8, 4) is 5.75 Å². The Morgan fingerprint density at radius 3 is 2.47 bits per heavy atom. The van der Waals surface area contributed by atoms with Gasteiger partial charge < -0.3 is 10.1 Å². The van der Waals surface area contributed by atoms with Crippen LogP contribution in [0.3, 0.4) is 0 Å². The van der Waals surface area contributed by atoms with Gasteiger partial charge in [-0.3, -0.25) is 19.3 Å². The fourth-order valence-electron chi connectivity index (χ4n) is 2.73. The van der Waals surface area contributed by atoms with Gasteiger partial charge >= 0.3 is 0 Å². The molecule has 0 atom stereocenters. The number of hydrogen-bond acceptors (Lipinski definition) is 5. The van der Waals surface area contributed by atoms with Crippen LogP contribution in [0.25, 0.3) is 6.08 Å². The number of amides is 3. The van der Waals surface area contributed by atoms with Gasteiger partial charge in [0.05, 0.1) is 4.91 Å². The van der Waals surface area contributed by atoms with Crippen LogP contribution in [-0.4, -0.2) is 40.6 Å². The van der Waals surface area contributed by atoms with E-state index in [4.69, 9.17) is 16.3 Å². The Balaban J connectivity index is 1.54. The van der Waals surface area contributed by atoms with Crippen LogP contribution in [-0.2, 0) is 9.59 Å². The second kappa shape index (κ2) is 9.36. The number of hydrogen-bond donors (Lipinski definition) is 1. The van der Waals surface area contributed by atoms with E-state index in [0.717, 1.165) is 22.2 Å². The monoisotopic (exact) mass is 444 g/mol. The van der Waals surface area contributed by atoms with Crippen molar-refractivity contribution in [3.63, 3.8) is 0 Å². The summed E-state index contributed by atoms with van der Waals surface area (Å²) < 4.78 is 5.74. The first-order valence-corrected chi connectivity index (χ1v) is 10.5. The molecule has 0 spiro atoms. The van der Waals surface area contributed by atoms with Crippen LogP contribution in [0, 0.1) is 0 Å². The zero-order valence-corrected chi connectivity index (χ0v) is 18.1. The van der Waals surface area contributed by atoms with Gasteiger partial charge in [-0.15, -0.1) is 0 Å². The van der Waals surface area contributed by atoms with Crippen molar-refractivity contribution in [1.29, 1.82) is 0 Å². The molecule has 1 saturated heterocycles. The highest BCUT2D eigenvalue weighted by molar-refractivity contribution is 8.18. The van der Waals surface area contributed by atoms with Crippen LogP contribution in [0.4, 0.5) is 4.79 Å². The van der Waals surface area contributed by atoms with Crippen LogP contribution in [0.15, 0.2) is 59.5 Å². The average Bonchev–Trinajstić information content (AvgIpc) is 2.97. The maximum absolute atomic E-state index is 12.5. The number of imide groups is 1. The summed E-state index contributed by atoms with van der Waals surface area (Å²) in [4.78, 5) is 38.7. The van der Waals surface area contributed by atoms with Gasteiger partial charge in [-0.1, -0.05) is 41.9 Å². The molecule has 8 heteroatoms. The summed E-state index contributed by atoms with van der Waals surface area (Å²) in [6.45, 7) is 3.49. The molecule has 30 heavy (non-hydrogen) atoms. The van der Waals surface area contributed by atoms with Gasteiger partial charge in [-0.2, -0.15) is 0 Å². The Kier molecular flexibility index (Phi) is 6.84. The molecule has 3 amide bonds. The first kappa shape index (κ1) is 21.9. The van der Waals surface area contributed by atoms with E-state index in [1.54, 1.807) is 44.2 Å². The number of halogens is 1. The summed E-state index contributed by atoms with van der Waals surface area (Å²) in [7, 11) is 0. The lowest BCUT2D eigenvalue weighted by atomic mass is 10.1. The molecule has 1 aliphatic rings. The fraction of sp³-hybridized carbons (Fsp3) is 0.227. The normalized spacial score (nSPS) is 15.6. The van der Waals surface area contributed by atoms with E-state index in [0.29, 0.717) is 15.7 Å². The minimum atomic E-state index is -1.14. The third-order valence-electron chi connectivity index (χ3n) is 4.33. The molecule has 6 nitrogen and oxygen atoms in total. The minimum Gasteiger partial charge on any atom is -0.478 e. The largest absolute Gasteiger partial charge is 0.478 e. The molecule has 0 aromatic heterocycles. The fourth-order valence-corrected chi connectivity index (χ4v) is 3.72. The number of thioether (sulfide) groups is 1. The maximum atomic E-state index is 12.5. The van der Waals surface area contributed by atoms with Crippen LogP contribution in [0.5, 0.6) is 5.75 Å². The molecule has 0 radical (unpaired) electrons. The summed E-state index contributed by atoms with van der Waals surface area (Å²) in [6.07, 6.45) is 1.69. The zero-order valence-electron chi connectivity index (χ0n) is 16.6. The third kappa shape index (κ3) is 5.43. The molecule has 0 saturated carbocycles. The van der Waals surface area contributed by atoms with Gasteiger partial charge in [0.2, 0.25) is 0 Å². The van der Waals surface area contributed by atoms with Gasteiger partial charge in [-0.05, 0) is 61.5 Å². The van der Waals surface area contributed by atoms with Gasteiger partial charge in [0.15, 0.2) is 5.60 Å². The lowest BCUT2D eigenvalue weighted by Crippen LogP contribution is -2.48. The van der Waals surface area contributed by atoms with E-state index in [1.807, 2.05) is 30.3 Å². The van der Waals surface area contributed by atoms with E-state index in [1.165, 1.54) is 0 Å². The molecule has 3 rings (SSSR count). The summed E-state index contributed by atoms with van der Waals surface area (Å²) >= 11 is 6.75. The van der Waals surface area contributed by atoms with Crippen molar-refractivity contribution in [3.05, 3.63) is 70.1 Å². The Labute approximate surface area is 184 Å². The lowest BCUT2D eigenvalue weighted by Gasteiger charge is -2.25. The van der Waals surface area contributed by atoms with Crippen molar-refractivity contribution >= 4 is 46.5 Å². The standard InChI is InChI=1S/C22H21ClN2O4S/c1-22(2,29-17-10-8-16(23)9-11-17)20(27)24-12-13-25-19(26)18(30-21(25)28)14-15-6-4-3-5-7-15/h3-11,14H,12-13H2,1-2H3,(H,24,27). The molecule has 0 aliphatic carbocycles. The Morgan fingerprint density at radius 2 is 1.80 bits per heavy atom. The summed E-state index contributed by atoms with van der Waals surface area (Å²) in [5.74, 6) is -0.208. The highest BCUT2D eigenvalue weighted by atomic mass is 35.5. The number of benzene rings is 2. The van der Waals surface area contributed by atoms with Crippen LogP contribution < -0.4 is 10.1 Å². The van der Waals surface area contributed by atoms with E-state index in [2.05, 4.69) is 5.32 Å². The third-order valence-corrected chi connectivity index (χ3v) is 5.48. The van der Waals surface area contributed by atoms with E-state index >= 15 is 0 Å². The molecular formula is C22H21ClN2O4S. The van der Waals surface area contributed by atoms with Gasteiger partial charge in [0.25, 0.3) is 17.1 Å². The Morgan fingerprint density at radius 1 is 1.13 bits per heavy atom. The van der Waals surface area contributed by atoms with Crippen molar-refractivity contribution in [2.45, 2.75) is 19.4 Å². The van der Waals surface area contributed by atoms with Gasteiger partial charge in [0.1, 0.15) is 5.75 Å². The molecule has 0 bridgehead atoms. The van der Waals surface area contributed by atoms with E-state index < -0.39 is 5.60 Å². The second-order valence-electron chi connectivity index (χ2n) is 7.07. The highest BCUT2D eigenvalue weighted by Crippen LogP contribution is 2.31. The lowest BCUT2D eigenvalue weighted by molar-refractivity contribution is -0.134. The first-order chi connectivity index (χ1) is 14.3. The molecule has 2 aromatic carbocycles. The number of carbonyl (C=O) groups is 3. The predicted molar refractivity (Wildman–Crippen MR) is 118 cm³/mol. The number of carbonyl (C=O) groups excluding carboxylic acids is 3. The summed E-state index contributed by atoms with van der Waals surface area (Å²) in [6, 6.07) is 16.0. The van der Waals surface area contributed by atoms with Crippen molar-refractivity contribution < 1.29 is 19.1 Å². The number of nitrogens with one attached hydrogen (secondary N) is 1. The van der Waals surface area contributed by atoms with Crippen molar-refractivity contribution in [2.24, 2.45) is 0 Å². The van der Waals surface area contributed by atoms with E-state index in [-0.39, 0.29) is 30.1 Å². The van der Waals surface area contributed by atoms with Crippen LogP contribution in [0.1, 0.15) is 19.4 Å². The molecule has 1 aliphatic heterocycles. The van der Waals surface area contributed by atoms with Crippen LogP contribution in [0.2, 0.25) is 5.02 Å². The molecule has 1 fully saturated rings. The minimum absolute atomic E-state index is 0.0829. The predicted octanol–water partition coefficient (Wildman–Crippen LogP) is 4.35. The average molecular weight is 445 g/mol. The topological polar surface area (TPSA) is 75.7 Å². The molecule has 0 unspecified atom stereocenters. The maximum Gasteiger partial charge on any atom is 0.293 e. The van der Waals surface area contributed by atoms with Gasteiger partial charge in [-0.25, -0.2) is 0 Å². The SMILES string of the molecule is CC(C)(Oc1ccc(Cl)cc1)C(=O)NCCN1C(=O)SC(=Cc2ccccc2)C1=O. The summed E-state index contributed by atoms with van der Waals surface area (Å²) in [5.41, 5.74) is -0.294. The molecule has 1 heterocycles. The smallest absolute Gasteiger partial charge is 0.293 e. The zero-order chi connectivity index (χ0) is 21.7. The van der Waals surface area contributed by atoms with E-state index in [9.17, 15) is 14.4 Å². The highest BCUT2D eigenvalue weighted by Gasteiger charge is 2.35. The van der Waals surface area contributed by atoms with Crippen molar-refractivity contribution in [1.82, 2.24) is 10.2 Å². The Hall–Kier alpha value is -2.77. The second-order valence-corrected chi connectivity index (χ2v) is 8.50. The number of nitrogens with zero attached hydrogens (tertiary/aromatic N) is 1. The quantitative estimate of drug-likeness (QED) is 0.642. The number of rotatable bonds is 7. The molecule has 1 N–H and O–H groups in total. The van der Waals surface area contributed by atoms with Crippen molar-refractivity contribution in [2.75, 3.05) is 13.1 Å². The molecule has 156 valence electrons. The number of ether oxygens (including phenoxy) is 1. The molecular weight excluding hydrogens is 424 g/mol. The van der Waals surface area contributed by atoms with Gasteiger partial charge in [0, 0.05) is 18.1 Å².